The highest BCUT2D eigenvalue weighted by Gasteiger charge is 2.52. The molecule has 22 heavy (non-hydrogen) atoms. The maximum atomic E-state index is 12.7. The lowest BCUT2D eigenvalue weighted by Crippen LogP contribution is -2.42. The van der Waals surface area contributed by atoms with E-state index in [0.717, 1.165) is 30.9 Å². The van der Waals surface area contributed by atoms with Crippen molar-refractivity contribution in [3.8, 4) is 0 Å². The molecular weight excluding hydrogens is 324 g/mol. The van der Waals surface area contributed by atoms with Crippen molar-refractivity contribution in [1.29, 1.82) is 0 Å². The molecule has 0 radical (unpaired) electrons. The van der Waals surface area contributed by atoms with Crippen LogP contribution in [0.3, 0.4) is 0 Å². The average molecular weight is 342 g/mol. The van der Waals surface area contributed by atoms with E-state index in [2.05, 4.69) is 10.3 Å². The predicted octanol–water partition coefficient (Wildman–Crippen LogP) is 1.23. The summed E-state index contributed by atoms with van der Waals surface area (Å²) in [5.74, 6) is 0.0909. The second-order valence-electron chi connectivity index (χ2n) is 6.36. The van der Waals surface area contributed by atoms with Gasteiger partial charge in [0, 0.05) is 12.3 Å². The molecule has 120 valence electrons. The van der Waals surface area contributed by atoms with Crippen molar-refractivity contribution in [3.05, 3.63) is 11.2 Å². The first-order valence-electron chi connectivity index (χ1n) is 7.61. The van der Waals surface area contributed by atoms with Gasteiger partial charge in [0.25, 0.3) is 0 Å². The van der Waals surface area contributed by atoms with E-state index < -0.39 is 20.9 Å². The number of rotatable bonds is 3. The van der Waals surface area contributed by atoms with E-state index in [1.165, 1.54) is 17.5 Å². The minimum absolute atomic E-state index is 0.165. The first-order valence-corrected chi connectivity index (χ1v) is 9.97. The van der Waals surface area contributed by atoms with Gasteiger partial charge >= 0.3 is 0 Å². The summed E-state index contributed by atoms with van der Waals surface area (Å²) in [5, 5.41) is 4.07. The summed E-state index contributed by atoms with van der Waals surface area (Å²) in [6.45, 7) is 1.51. The zero-order valence-electron chi connectivity index (χ0n) is 12.1. The van der Waals surface area contributed by atoms with E-state index in [-0.39, 0.29) is 16.4 Å². The number of hydrogen-bond donors (Lipinski definition) is 1. The van der Waals surface area contributed by atoms with Gasteiger partial charge in [0.2, 0.25) is 15.3 Å². The van der Waals surface area contributed by atoms with Crippen molar-refractivity contribution < 1.29 is 17.9 Å². The molecule has 2 aliphatic heterocycles. The van der Waals surface area contributed by atoms with Gasteiger partial charge in [-0.15, -0.1) is 11.3 Å². The van der Waals surface area contributed by atoms with Gasteiger partial charge in [0.05, 0.1) is 16.8 Å². The number of aromatic nitrogens is 1. The molecule has 2 saturated heterocycles. The molecule has 0 bridgehead atoms. The number of nitrogens with zero attached hydrogens (tertiary/aromatic N) is 1. The number of sulfone groups is 1. The van der Waals surface area contributed by atoms with Crippen LogP contribution >= 0.6 is 11.3 Å². The Morgan fingerprint density at radius 2 is 2.05 bits per heavy atom. The van der Waals surface area contributed by atoms with Crippen molar-refractivity contribution in [1.82, 2.24) is 10.3 Å². The summed E-state index contributed by atoms with van der Waals surface area (Å²) in [4.78, 5) is 16.5. The minimum atomic E-state index is -3.78. The maximum Gasteiger partial charge on any atom is 0.223 e. The molecule has 1 atom stereocenters. The summed E-state index contributed by atoms with van der Waals surface area (Å²) in [5.41, 5.74) is -1.94. The minimum Gasteiger partial charge on any atom is -0.347 e. The lowest BCUT2D eigenvalue weighted by atomic mass is 9.89. The van der Waals surface area contributed by atoms with Crippen LogP contribution < -0.4 is 5.32 Å². The molecule has 4 rings (SSSR count). The Morgan fingerprint density at radius 1 is 1.32 bits per heavy atom. The van der Waals surface area contributed by atoms with Crippen LogP contribution in [0.2, 0.25) is 0 Å². The fourth-order valence-electron chi connectivity index (χ4n) is 3.18. The highest BCUT2D eigenvalue weighted by Crippen LogP contribution is 2.44. The number of carbonyl (C=O) groups is 1. The summed E-state index contributed by atoms with van der Waals surface area (Å²) in [6.07, 6.45) is 5.09. The molecule has 1 unspecified atom stereocenters. The lowest BCUT2D eigenvalue weighted by Gasteiger charge is -2.32. The maximum absolute atomic E-state index is 12.7. The van der Waals surface area contributed by atoms with Gasteiger partial charge in [0.1, 0.15) is 4.21 Å². The van der Waals surface area contributed by atoms with Gasteiger partial charge < -0.3 is 10.1 Å². The van der Waals surface area contributed by atoms with Crippen LogP contribution in [-0.2, 0) is 19.4 Å². The standard InChI is InChI=1S/C14H18N2O4S2/c17-10-7-14(3-5-15-6-4-14)20-13(10)22(18,19)11-8-16-12(21-11)9-1-2-9/h8-9,13,15H,1-7H2. The molecule has 3 heterocycles. The lowest BCUT2D eigenvalue weighted by molar-refractivity contribution is -0.119. The zero-order valence-corrected chi connectivity index (χ0v) is 13.7. The molecule has 0 aromatic carbocycles. The van der Waals surface area contributed by atoms with Crippen molar-refractivity contribution in [3.63, 3.8) is 0 Å². The van der Waals surface area contributed by atoms with Crippen LogP contribution in [-0.4, -0.2) is 43.3 Å². The van der Waals surface area contributed by atoms with E-state index in [0.29, 0.717) is 18.8 Å². The van der Waals surface area contributed by atoms with E-state index in [4.69, 9.17) is 4.74 Å². The summed E-state index contributed by atoms with van der Waals surface area (Å²) in [6, 6.07) is 0. The molecule has 1 spiro atoms. The zero-order chi connectivity index (χ0) is 15.4. The largest absolute Gasteiger partial charge is 0.347 e. The van der Waals surface area contributed by atoms with Crippen molar-refractivity contribution in [2.45, 2.75) is 53.3 Å². The van der Waals surface area contributed by atoms with Gasteiger partial charge in [-0.1, -0.05) is 0 Å². The molecule has 1 N–H and O–H groups in total. The Balaban J connectivity index is 1.60. The van der Waals surface area contributed by atoms with Gasteiger partial charge in [-0.25, -0.2) is 13.4 Å². The third-order valence-electron chi connectivity index (χ3n) is 4.62. The van der Waals surface area contributed by atoms with Crippen LogP contribution in [0.25, 0.3) is 0 Å². The molecule has 3 aliphatic rings. The highest BCUT2D eigenvalue weighted by molar-refractivity contribution is 7.94. The fourth-order valence-corrected chi connectivity index (χ4v) is 6.15. The fraction of sp³-hybridized carbons (Fsp3) is 0.714. The predicted molar refractivity (Wildman–Crippen MR) is 80.6 cm³/mol. The summed E-state index contributed by atoms with van der Waals surface area (Å²) < 4.78 is 31.4. The Labute approximate surface area is 133 Å². The molecule has 1 aromatic heterocycles. The van der Waals surface area contributed by atoms with E-state index in [1.54, 1.807) is 0 Å². The van der Waals surface area contributed by atoms with Crippen molar-refractivity contribution in [2.75, 3.05) is 13.1 Å². The highest BCUT2D eigenvalue weighted by atomic mass is 32.2. The summed E-state index contributed by atoms with van der Waals surface area (Å²) in [7, 11) is -3.78. The number of thiazole rings is 1. The molecule has 3 fully saturated rings. The van der Waals surface area contributed by atoms with E-state index >= 15 is 0 Å². The van der Waals surface area contributed by atoms with E-state index in [9.17, 15) is 13.2 Å². The van der Waals surface area contributed by atoms with Gasteiger partial charge in [-0.2, -0.15) is 0 Å². The van der Waals surface area contributed by atoms with Crippen LogP contribution in [0.4, 0.5) is 0 Å². The first kappa shape index (κ1) is 14.7. The molecule has 8 heteroatoms. The van der Waals surface area contributed by atoms with Gasteiger partial charge in [-0.3, -0.25) is 4.79 Å². The molecular formula is C14H18N2O4S2. The molecule has 1 saturated carbocycles. The molecule has 0 amide bonds. The van der Waals surface area contributed by atoms with Crippen LogP contribution in [0.15, 0.2) is 10.4 Å². The molecule has 6 nitrogen and oxygen atoms in total. The number of Topliss-reactive ketones (excluding diaryl/α,β-unsaturated/α-hetero) is 1. The Bertz CT molecular complexity index is 702. The SMILES string of the molecule is O=C1CC2(CCNCC2)OC1S(=O)(=O)c1cnc(C2CC2)s1. The quantitative estimate of drug-likeness (QED) is 0.889. The number of ketones is 1. The van der Waals surface area contributed by atoms with Crippen LogP contribution in [0.5, 0.6) is 0 Å². The molecule has 1 aliphatic carbocycles. The third-order valence-corrected chi connectivity index (χ3v) is 8.11. The summed E-state index contributed by atoms with van der Waals surface area (Å²) >= 11 is 1.19. The number of hydrogen-bond acceptors (Lipinski definition) is 7. The van der Waals surface area contributed by atoms with Crippen LogP contribution in [0.1, 0.15) is 43.0 Å². The normalized spacial score (nSPS) is 28.4. The second-order valence-corrected chi connectivity index (χ2v) is 9.64. The topological polar surface area (TPSA) is 85.4 Å². The van der Waals surface area contributed by atoms with Crippen molar-refractivity contribution >= 4 is 27.0 Å². The first-order chi connectivity index (χ1) is 10.5. The smallest absolute Gasteiger partial charge is 0.223 e. The third kappa shape index (κ3) is 2.42. The Hall–Kier alpha value is -0.830. The molecule has 1 aromatic rings. The number of ether oxygens (including phenoxy) is 1. The number of carbonyl (C=O) groups excluding carboxylic acids is 1. The van der Waals surface area contributed by atoms with Gasteiger partial charge in [-0.05, 0) is 38.8 Å². The van der Waals surface area contributed by atoms with Crippen molar-refractivity contribution in [2.24, 2.45) is 0 Å². The number of nitrogens with one attached hydrogen (secondary N) is 1. The number of piperidine rings is 1. The Morgan fingerprint density at radius 3 is 2.73 bits per heavy atom. The van der Waals surface area contributed by atoms with Crippen LogP contribution in [0, 0.1) is 0 Å². The second kappa shape index (κ2) is 5.09. The van der Waals surface area contributed by atoms with E-state index in [1.807, 2.05) is 0 Å². The average Bonchev–Trinajstić information content (AvgIpc) is 3.12. The van der Waals surface area contributed by atoms with Gasteiger partial charge in [0.15, 0.2) is 5.78 Å². The monoisotopic (exact) mass is 342 g/mol. The Kier molecular flexibility index (Phi) is 3.41.